The lowest BCUT2D eigenvalue weighted by Gasteiger charge is -2.11. The van der Waals surface area contributed by atoms with E-state index in [0.717, 1.165) is 22.3 Å². The van der Waals surface area contributed by atoms with E-state index in [-0.39, 0.29) is 0 Å². The Bertz CT molecular complexity index is 846. The lowest BCUT2D eigenvalue weighted by Crippen LogP contribution is -1.95. The van der Waals surface area contributed by atoms with Gasteiger partial charge in [-0.3, -0.25) is 0 Å². The van der Waals surface area contributed by atoms with Crippen LogP contribution >= 0.6 is 0 Å². The number of aliphatic hydroxyl groups is 1. The van der Waals surface area contributed by atoms with Crippen LogP contribution in [0.3, 0.4) is 0 Å². The minimum Gasteiger partial charge on any atom is -0.384 e. The highest BCUT2D eigenvalue weighted by molar-refractivity contribution is 5.83. The highest BCUT2D eigenvalue weighted by Crippen LogP contribution is 2.26. The average molecular weight is 326 g/mol. The summed E-state index contributed by atoms with van der Waals surface area (Å²) in [7, 11) is 0. The van der Waals surface area contributed by atoms with Gasteiger partial charge in [-0.1, -0.05) is 97.1 Å². The van der Waals surface area contributed by atoms with Crippen molar-refractivity contribution in [1.82, 2.24) is 0 Å². The number of hydrogen-bond acceptors (Lipinski definition) is 1. The SMILES string of the molecule is C/C(=C\C(=C/C(O)c1ccccc1)c1ccccc1)c1ccccc1. The van der Waals surface area contributed by atoms with Gasteiger partial charge in [-0.2, -0.15) is 0 Å². The van der Waals surface area contributed by atoms with Crippen LogP contribution in [-0.4, -0.2) is 5.11 Å². The lowest BCUT2D eigenvalue weighted by molar-refractivity contribution is 0.229. The van der Waals surface area contributed by atoms with Crippen molar-refractivity contribution in [3.8, 4) is 0 Å². The van der Waals surface area contributed by atoms with Gasteiger partial charge in [0.1, 0.15) is 0 Å². The zero-order valence-corrected chi connectivity index (χ0v) is 14.3. The van der Waals surface area contributed by atoms with Crippen LogP contribution in [0, 0.1) is 0 Å². The molecule has 0 aromatic heterocycles. The molecular formula is C24H22O. The molecule has 1 nitrogen and oxygen atoms in total. The molecule has 3 aromatic carbocycles. The standard InChI is InChI=1S/C24H22O/c1-19(20-11-5-2-6-12-20)17-23(21-13-7-3-8-14-21)18-24(25)22-15-9-4-10-16-22/h2-18,24-25H,1H3/b19-17+,23-18+. The molecule has 0 aliphatic heterocycles. The van der Waals surface area contributed by atoms with E-state index in [1.807, 2.05) is 72.8 Å². The van der Waals surface area contributed by atoms with Gasteiger partial charge >= 0.3 is 0 Å². The second kappa shape index (κ2) is 8.27. The number of aliphatic hydroxyl groups excluding tert-OH is 1. The van der Waals surface area contributed by atoms with Gasteiger partial charge in [0.05, 0.1) is 6.10 Å². The molecule has 3 rings (SSSR count). The Morgan fingerprint density at radius 2 is 1.20 bits per heavy atom. The number of rotatable bonds is 5. The maximum Gasteiger partial charge on any atom is 0.0980 e. The first-order chi connectivity index (χ1) is 12.2. The van der Waals surface area contributed by atoms with Crippen molar-refractivity contribution in [2.75, 3.05) is 0 Å². The fraction of sp³-hybridized carbons (Fsp3) is 0.0833. The van der Waals surface area contributed by atoms with Crippen molar-refractivity contribution in [1.29, 1.82) is 0 Å². The molecule has 1 unspecified atom stereocenters. The van der Waals surface area contributed by atoms with Crippen LogP contribution in [0.4, 0.5) is 0 Å². The van der Waals surface area contributed by atoms with Gasteiger partial charge in [-0.05, 0) is 40.8 Å². The quantitative estimate of drug-likeness (QED) is 0.578. The Balaban J connectivity index is 2.00. The summed E-state index contributed by atoms with van der Waals surface area (Å²) in [5.41, 5.74) is 5.34. The highest BCUT2D eigenvalue weighted by Gasteiger charge is 2.07. The maximum atomic E-state index is 10.6. The molecule has 3 aromatic rings. The molecule has 25 heavy (non-hydrogen) atoms. The molecule has 0 aliphatic rings. The van der Waals surface area contributed by atoms with E-state index in [0.29, 0.717) is 0 Å². The maximum absolute atomic E-state index is 10.6. The first kappa shape index (κ1) is 16.9. The minimum absolute atomic E-state index is 0.642. The minimum atomic E-state index is -0.642. The molecule has 0 aliphatic carbocycles. The Labute approximate surface area is 149 Å². The molecule has 0 saturated heterocycles. The van der Waals surface area contributed by atoms with Gasteiger partial charge in [-0.15, -0.1) is 0 Å². The second-order valence-electron chi connectivity index (χ2n) is 6.04. The molecule has 0 amide bonds. The molecule has 124 valence electrons. The summed E-state index contributed by atoms with van der Waals surface area (Å²) >= 11 is 0. The summed E-state index contributed by atoms with van der Waals surface area (Å²) in [4.78, 5) is 0. The van der Waals surface area contributed by atoms with E-state index < -0.39 is 6.10 Å². The summed E-state index contributed by atoms with van der Waals surface area (Å²) in [6, 6.07) is 30.2. The van der Waals surface area contributed by atoms with Crippen molar-refractivity contribution in [2.45, 2.75) is 13.0 Å². The predicted octanol–water partition coefficient (Wildman–Crippen LogP) is 5.91. The fourth-order valence-electron chi connectivity index (χ4n) is 2.79. The Hall–Kier alpha value is -2.90. The average Bonchev–Trinajstić information content (AvgIpc) is 2.69. The van der Waals surface area contributed by atoms with Crippen LogP contribution in [0.5, 0.6) is 0 Å². The van der Waals surface area contributed by atoms with Crippen molar-refractivity contribution in [3.63, 3.8) is 0 Å². The Kier molecular flexibility index (Phi) is 5.61. The van der Waals surface area contributed by atoms with Crippen LogP contribution in [0.15, 0.2) is 103 Å². The molecule has 1 N–H and O–H groups in total. The van der Waals surface area contributed by atoms with Crippen molar-refractivity contribution < 1.29 is 5.11 Å². The normalized spacial score (nSPS) is 13.5. The summed E-state index contributed by atoms with van der Waals surface area (Å²) in [5, 5.41) is 10.6. The summed E-state index contributed by atoms with van der Waals surface area (Å²) < 4.78 is 0. The van der Waals surface area contributed by atoms with E-state index in [1.54, 1.807) is 0 Å². The monoisotopic (exact) mass is 326 g/mol. The van der Waals surface area contributed by atoms with Crippen molar-refractivity contribution >= 4 is 11.1 Å². The Morgan fingerprint density at radius 1 is 0.720 bits per heavy atom. The molecular weight excluding hydrogens is 304 g/mol. The summed E-state index contributed by atoms with van der Waals surface area (Å²) in [5.74, 6) is 0. The molecule has 0 saturated carbocycles. The van der Waals surface area contributed by atoms with Crippen LogP contribution in [-0.2, 0) is 0 Å². The van der Waals surface area contributed by atoms with Crippen LogP contribution in [0.2, 0.25) is 0 Å². The van der Waals surface area contributed by atoms with Gasteiger partial charge in [0, 0.05) is 0 Å². The number of hydrogen-bond donors (Lipinski definition) is 1. The first-order valence-electron chi connectivity index (χ1n) is 8.48. The lowest BCUT2D eigenvalue weighted by atomic mass is 9.97. The fourth-order valence-corrected chi connectivity index (χ4v) is 2.79. The van der Waals surface area contributed by atoms with E-state index in [9.17, 15) is 5.11 Å². The van der Waals surface area contributed by atoms with E-state index >= 15 is 0 Å². The van der Waals surface area contributed by atoms with E-state index in [1.165, 1.54) is 5.56 Å². The van der Waals surface area contributed by atoms with Crippen LogP contribution < -0.4 is 0 Å². The third-order valence-electron chi connectivity index (χ3n) is 4.19. The van der Waals surface area contributed by atoms with Crippen molar-refractivity contribution in [2.24, 2.45) is 0 Å². The molecule has 1 atom stereocenters. The summed E-state index contributed by atoms with van der Waals surface area (Å²) in [6.45, 7) is 2.10. The van der Waals surface area contributed by atoms with Gasteiger partial charge in [0.15, 0.2) is 0 Å². The number of allylic oxidation sites excluding steroid dienone is 3. The first-order valence-corrected chi connectivity index (χ1v) is 8.48. The van der Waals surface area contributed by atoms with E-state index in [4.69, 9.17) is 0 Å². The van der Waals surface area contributed by atoms with Gasteiger partial charge < -0.3 is 5.11 Å². The smallest absolute Gasteiger partial charge is 0.0980 e. The highest BCUT2D eigenvalue weighted by atomic mass is 16.3. The molecule has 1 heteroatoms. The van der Waals surface area contributed by atoms with Gasteiger partial charge in [0.2, 0.25) is 0 Å². The topological polar surface area (TPSA) is 20.2 Å². The third kappa shape index (κ3) is 4.56. The van der Waals surface area contributed by atoms with Crippen LogP contribution in [0.25, 0.3) is 11.1 Å². The Morgan fingerprint density at radius 3 is 1.76 bits per heavy atom. The summed E-state index contributed by atoms with van der Waals surface area (Å²) in [6.07, 6.45) is 3.41. The molecule has 0 fully saturated rings. The third-order valence-corrected chi connectivity index (χ3v) is 4.19. The molecule has 0 bridgehead atoms. The zero-order chi connectivity index (χ0) is 17.5. The second-order valence-corrected chi connectivity index (χ2v) is 6.04. The predicted molar refractivity (Wildman–Crippen MR) is 106 cm³/mol. The zero-order valence-electron chi connectivity index (χ0n) is 14.3. The number of benzene rings is 3. The van der Waals surface area contributed by atoms with E-state index in [2.05, 4.69) is 37.3 Å². The molecule has 0 radical (unpaired) electrons. The van der Waals surface area contributed by atoms with Crippen molar-refractivity contribution in [3.05, 3.63) is 120 Å². The van der Waals surface area contributed by atoms with Gasteiger partial charge in [0.25, 0.3) is 0 Å². The van der Waals surface area contributed by atoms with Crippen LogP contribution in [0.1, 0.15) is 29.7 Å². The largest absolute Gasteiger partial charge is 0.384 e. The molecule has 0 spiro atoms. The van der Waals surface area contributed by atoms with Gasteiger partial charge in [-0.25, -0.2) is 0 Å². The molecule has 0 heterocycles.